The Morgan fingerprint density at radius 2 is 1.65 bits per heavy atom. The van der Waals surface area contributed by atoms with Gasteiger partial charge in [0, 0.05) is 48.2 Å². The molecule has 0 aliphatic rings. The van der Waals surface area contributed by atoms with Crippen LogP contribution in [0.3, 0.4) is 0 Å². The molecular weight excluding hydrogens is 424 g/mol. The highest BCUT2D eigenvalue weighted by Gasteiger charge is 2.24. The number of aryl methyl sites for hydroxylation is 2. The Bertz CT molecular complexity index is 1430. The molecule has 0 aliphatic heterocycles. The minimum atomic E-state index is 0.382. The van der Waals surface area contributed by atoms with Crippen LogP contribution in [0, 0.1) is 36.5 Å². The van der Waals surface area contributed by atoms with Crippen molar-refractivity contribution in [3.8, 4) is 23.6 Å². The van der Waals surface area contributed by atoms with Gasteiger partial charge in [-0.1, -0.05) is 0 Å². The second kappa shape index (κ2) is 9.64. The quantitative estimate of drug-likeness (QED) is 0.252. The predicted octanol–water partition coefficient (Wildman–Crippen LogP) is 4.51. The van der Waals surface area contributed by atoms with E-state index in [-0.39, 0.29) is 0 Å². The van der Waals surface area contributed by atoms with Crippen LogP contribution >= 0.6 is 0 Å². The molecule has 0 amide bonds. The minimum Gasteiger partial charge on any atom is -0.497 e. The van der Waals surface area contributed by atoms with E-state index < -0.39 is 0 Å². The number of rotatable bonds is 7. The minimum absolute atomic E-state index is 0.382. The number of nitrogens with zero attached hydrogens (tertiary/aromatic N) is 5. The van der Waals surface area contributed by atoms with Crippen molar-refractivity contribution in [3.05, 3.63) is 59.7 Å². The van der Waals surface area contributed by atoms with Gasteiger partial charge in [0.2, 0.25) is 16.7 Å². The van der Waals surface area contributed by atoms with Crippen LogP contribution in [0.2, 0.25) is 0 Å². The van der Waals surface area contributed by atoms with Gasteiger partial charge in [-0.2, -0.15) is 10.5 Å². The smallest absolute Gasteiger partial charge is 0.242 e. The Kier molecular flexibility index (Phi) is 6.47. The summed E-state index contributed by atoms with van der Waals surface area (Å²) < 4.78 is 7.54. The van der Waals surface area contributed by atoms with Gasteiger partial charge in [0.1, 0.15) is 16.8 Å². The lowest BCUT2D eigenvalue weighted by Crippen LogP contribution is -2.34. The van der Waals surface area contributed by atoms with Gasteiger partial charge in [0.25, 0.3) is 0 Å². The zero-order valence-electron chi connectivity index (χ0n) is 19.7. The van der Waals surface area contributed by atoms with E-state index in [1.54, 1.807) is 7.11 Å². The Hall–Kier alpha value is -4.36. The van der Waals surface area contributed by atoms with Crippen LogP contribution in [0.15, 0.2) is 48.5 Å². The SMILES string of the molecule is COc1ccc(-[n+]2c3cc(N(CCC#N)CCC#N)ccc3nc3cc(C)c(N)c(C)c32)cc1. The van der Waals surface area contributed by atoms with E-state index in [2.05, 4.69) is 27.7 Å². The molecule has 170 valence electrons. The van der Waals surface area contributed by atoms with Gasteiger partial charge in [0.05, 0.1) is 32.1 Å². The molecule has 1 aromatic heterocycles. The number of nitrogens with two attached hydrogens (primary N) is 1. The van der Waals surface area contributed by atoms with E-state index in [1.165, 1.54) is 0 Å². The third kappa shape index (κ3) is 4.16. The van der Waals surface area contributed by atoms with E-state index in [4.69, 9.17) is 26.0 Å². The summed E-state index contributed by atoms with van der Waals surface area (Å²) >= 11 is 0. The number of benzene rings is 3. The van der Waals surface area contributed by atoms with Gasteiger partial charge in [-0.3, -0.25) is 0 Å². The van der Waals surface area contributed by atoms with Crippen molar-refractivity contribution in [2.24, 2.45) is 0 Å². The first-order valence-electron chi connectivity index (χ1n) is 11.2. The Labute approximate surface area is 199 Å². The number of nitrogen functional groups attached to an aromatic ring is 1. The lowest BCUT2D eigenvalue weighted by molar-refractivity contribution is -0.538. The highest BCUT2D eigenvalue weighted by Crippen LogP contribution is 2.29. The molecule has 4 aromatic rings. The molecule has 0 unspecified atom stereocenters. The Balaban J connectivity index is 2.04. The number of hydrogen-bond donors (Lipinski definition) is 1. The molecular formula is C27H27N6O+. The van der Waals surface area contributed by atoms with E-state index in [0.29, 0.717) is 25.9 Å². The fourth-order valence-electron chi connectivity index (χ4n) is 4.31. The maximum absolute atomic E-state index is 9.11. The van der Waals surface area contributed by atoms with E-state index in [1.807, 2.05) is 56.3 Å². The second-order valence-corrected chi connectivity index (χ2v) is 8.22. The predicted molar refractivity (Wildman–Crippen MR) is 134 cm³/mol. The molecule has 34 heavy (non-hydrogen) atoms. The van der Waals surface area contributed by atoms with Crippen LogP contribution in [-0.2, 0) is 0 Å². The highest BCUT2D eigenvalue weighted by molar-refractivity contribution is 5.89. The number of ether oxygens (including phenoxy) is 1. The summed E-state index contributed by atoms with van der Waals surface area (Å²) in [6.45, 7) is 5.13. The Morgan fingerprint density at radius 1 is 0.971 bits per heavy atom. The number of hydrogen-bond acceptors (Lipinski definition) is 6. The molecule has 0 saturated carbocycles. The number of methoxy groups -OCH3 is 1. The van der Waals surface area contributed by atoms with Crippen LogP contribution in [0.1, 0.15) is 24.0 Å². The molecule has 7 heteroatoms. The van der Waals surface area contributed by atoms with Crippen LogP contribution in [0.4, 0.5) is 11.4 Å². The first kappa shape index (κ1) is 22.8. The first-order valence-corrected chi connectivity index (χ1v) is 11.2. The van der Waals surface area contributed by atoms with Gasteiger partial charge in [-0.25, -0.2) is 4.98 Å². The maximum atomic E-state index is 9.11. The molecule has 1 heterocycles. The Morgan fingerprint density at radius 3 is 2.26 bits per heavy atom. The van der Waals surface area contributed by atoms with Crippen molar-refractivity contribution in [2.75, 3.05) is 30.8 Å². The number of fused-ring (bicyclic) bond motifs is 2. The third-order valence-corrected chi connectivity index (χ3v) is 6.13. The van der Waals surface area contributed by atoms with Gasteiger partial charge >= 0.3 is 0 Å². The molecule has 4 rings (SSSR count). The van der Waals surface area contributed by atoms with E-state index in [0.717, 1.165) is 56.0 Å². The number of aromatic nitrogens is 2. The number of nitriles is 2. The van der Waals surface area contributed by atoms with Gasteiger partial charge in [-0.15, -0.1) is 4.57 Å². The monoisotopic (exact) mass is 451 g/mol. The van der Waals surface area contributed by atoms with E-state index in [9.17, 15) is 0 Å². The summed E-state index contributed by atoms with van der Waals surface area (Å²) in [5.74, 6) is 0.777. The molecule has 0 bridgehead atoms. The summed E-state index contributed by atoms with van der Waals surface area (Å²) in [7, 11) is 1.65. The summed E-state index contributed by atoms with van der Waals surface area (Å²) in [6, 6.07) is 20.4. The van der Waals surface area contributed by atoms with Crippen LogP contribution in [0.25, 0.3) is 27.8 Å². The van der Waals surface area contributed by atoms with Crippen molar-refractivity contribution >= 4 is 33.4 Å². The average molecular weight is 452 g/mol. The van der Waals surface area contributed by atoms with Crippen LogP contribution in [0.5, 0.6) is 5.75 Å². The largest absolute Gasteiger partial charge is 0.497 e. The highest BCUT2D eigenvalue weighted by atomic mass is 16.5. The summed E-state index contributed by atoms with van der Waals surface area (Å²) in [5, 5.41) is 18.2. The second-order valence-electron chi connectivity index (χ2n) is 8.22. The van der Waals surface area contributed by atoms with Crippen molar-refractivity contribution in [3.63, 3.8) is 0 Å². The number of anilines is 2. The molecule has 0 aliphatic carbocycles. The molecule has 2 N–H and O–H groups in total. The van der Waals surface area contributed by atoms with Crippen LogP contribution < -0.4 is 19.9 Å². The van der Waals surface area contributed by atoms with Crippen LogP contribution in [-0.4, -0.2) is 25.2 Å². The zero-order chi connectivity index (χ0) is 24.2. The topological polar surface area (TPSA) is 103 Å². The standard InChI is InChI=1S/C27H26N6O/c1-18-16-24-27(19(2)26(18)30)33(20-6-9-22(34-3)10-7-20)25-17-21(8-11-23(25)31-24)32(14-4-12-28)15-5-13-29/h6-11,16-17,30H,4-5,14-15H2,1-3H3/p+1. The van der Waals surface area contributed by atoms with Gasteiger partial charge in [0.15, 0.2) is 0 Å². The molecule has 0 spiro atoms. The summed E-state index contributed by atoms with van der Waals surface area (Å²) in [5.41, 5.74) is 14.6. The third-order valence-electron chi connectivity index (χ3n) is 6.13. The van der Waals surface area contributed by atoms with Gasteiger partial charge in [-0.05, 0) is 49.7 Å². The summed E-state index contributed by atoms with van der Waals surface area (Å²) in [4.78, 5) is 7.04. The van der Waals surface area contributed by atoms with E-state index >= 15 is 0 Å². The summed E-state index contributed by atoms with van der Waals surface area (Å²) in [6.07, 6.45) is 0.764. The molecule has 0 fully saturated rings. The van der Waals surface area contributed by atoms with Crippen molar-refractivity contribution < 1.29 is 9.30 Å². The van der Waals surface area contributed by atoms with Crippen molar-refractivity contribution in [1.29, 1.82) is 10.5 Å². The fourth-order valence-corrected chi connectivity index (χ4v) is 4.31. The zero-order valence-corrected chi connectivity index (χ0v) is 19.7. The normalized spacial score (nSPS) is 10.7. The fraction of sp³-hybridized carbons (Fsp3) is 0.259. The lowest BCUT2D eigenvalue weighted by Gasteiger charge is -2.22. The molecule has 0 saturated heterocycles. The first-order chi connectivity index (χ1) is 16.5. The average Bonchev–Trinajstić information content (AvgIpc) is 2.86. The van der Waals surface area contributed by atoms with Gasteiger partial charge < -0.3 is 15.4 Å². The molecule has 0 radical (unpaired) electrons. The lowest BCUT2D eigenvalue weighted by atomic mass is 10.1. The van der Waals surface area contributed by atoms with Crippen molar-refractivity contribution in [1.82, 2.24) is 4.98 Å². The van der Waals surface area contributed by atoms with Crippen molar-refractivity contribution in [2.45, 2.75) is 26.7 Å². The molecule has 7 nitrogen and oxygen atoms in total. The molecule has 3 aromatic carbocycles. The molecule has 0 atom stereocenters. The maximum Gasteiger partial charge on any atom is 0.242 e.